The summed E-state index contributed by atoms with van der Waals surface area (Å²) >= 11 is 1.39. The molecule has 1 N–H and O–H groups in total. The first-order valence-electron chi connectivity index (χ1n) is 8.85. The number of nitrogens with zero attached hydrogens (tertiary/aromatic N) is 4. The van der Waals surface area contributed by atoms with Gasteiger partial charge < -0.3 is 4.74 Å². The van der Waals surface area contributed by atoms with Crippen molar-refractivity contribution in [1.82, 2.24) is 9.29 Å². The molecular weight excluding hydrogens is 410 g/mol. The molecule has 2 aromatic carbocycles. The Labute approximate surface area is 172 Å². The smallest absolute Gasteiger partial charge is 0.243 e. The molecule has 1 fully saturated rings. The van der Waals surface area contributed by atoms with Gasteiger partial charge in [-0.3, -0.25) is 5.43 Å². The molecule has 1 aliphatic heterocycles. The summed E-state index contributed by atoms with van der Waals surface area (Å²) in [7, 11) is -3.54. The van der Waals surface area contributed by atoms with E-state index in [1.165, 1.54) is 27.8 Å². The lowest BCUT2D eigenvalue weighted by atomic mass is 10.3. The Bertz CT molecular complexity index is 1160. The molecule has 0 saturated carbocycles. The number of thiazole rings is 1. The van der Waals surface area contributed by atoms with E-state index in [-0.39, 0.29) is 10.6 Å². The van der Waals surface area contributed by atoms with E-state index in [1.54, 1.807) is 12.1 Å². The van der Waals surface area contributed by atoms with Gasteiger partial charge in [0.05, 0.1) is 34.0 Å². The summed E-state index contributed by atoms with van der Waals surface area (Å²) in [5.74, 6) is 0. The van der Waals surface area contributed by atoms with E-state index in [0.29, 0.717) is 37.0 Å². The Morgan fingerprint density at radius 3 is 2.59 bits per heavy atom. The Morgan fingerprint density at radius 2 is 1.90 bits per heavy atom. The number of rotatable bonds is 5. The average molecular weight is 428 g/mol. The van der Waals surface area contributed by atoms with Gasteiger partial charge in [0.2, 0.25) is 10.0 Å². The highest BCUT2D eigenvalue weighted by Crippen LogP contribution is 2.23. The second kappa shape index (κ2) is 8.26. The summed E-state index contributed by atoms with van der Waals surface area (Å²) in [6, 6.07) is 15.9. The van der Waals surface area contributed by atoms with Crippen LogP contribution >= 0.6 is 11.3 Å². The van der Waals surface area contributed by atoms with Gasteiger partial charge in [-0.15, -0.1) is 11.3 Å². The van der Waals surface area contributed by atoms with E-state index in [9.17, 15) is 13.7 Å². The summed E-state index contributed by atoms with van der Waals surface area (Å²) in [6.45, 7) is 1.49. The molecule has 1 aliphatic rings. The molecule has 0 radical (unpaired) electrons. The minimum absolute atomic E-state index is 0.163. The quantitative estimate of drug-likeness (QED) is 0.495. The van der Waals surface area contributed by atoms with Crippen molar-refractivity contribution in [1.29, 1.82) is 5.26 Å². The number of aromatic nitrogens is 1. The molecule has 1 saturated heterocycles. The van der Waals surface area contributed by atoms with E-state index in [4.69, 9.17) is 4.74 Å². The zero-order chi connectivity index (χ0) is 20.3. The molecule has 0 unspecified atom stereocenters. The molecule has 8 nitrogen and oxygen atoms in total. The molecule has 0 spiro atoms. The first-order valence-corrected chi connectivity index (χ1v) is 11.1. The van der Waals surface area contributed by atoms with E-state index in [0.717, 1.165) is 10.2 Å². The van der Waals surface area contributed by atoms with Crippen molar-refractivity contribution >= 4 is 43.0 Å². The summed E-state index contributed by atoms with van der Waals surface area (Å²) in [4.78, 5) is 4.63. The van der Waals surface area contributed by atoms with Crippen molar-refractivity contribution in [2.24, 2.45) is 5.10 Å². The Kier molecular flexibility index (Phi) is 5.55. The van der Waals surface area contributed by atoms with E-state index >= 15 is 0 Å². The van der Waals surface area contributed by atoms with Crippen LogP contribution in [-0.2, 0) is 14.8 Å². The van der Waals surface area contributed by atoms with Gasteiger partial charge in [-0.1, -0.05) is 12.1 Å². The minimum Gasteiger partial charge on any atom is -0.379 e. The van der Waals surface area contributed by atoms with Gasteiger partial charge in [0.1, 0.15) is 6.07 Å². The summed E-state index contributed by atoms with van der Waals surface area (Å²) < 4.78 is 32.9. The van der Waals surface area contributed by atoms with Gasteiger partial charge >= 0.3 is 0 Å². The fraction of sp³-hybridized carbons (Fsp3) is 0.211. The predicted octanol–water partition coefficient (Wildman–Crippen LogP) is 2.66. The predicted molar refractivity (Wildman–Crippen MR) is 111 cm³/mol. The van der Waals surface area contributed by atoms with Crippen LogP contribution in [-0.4, -0.2) is 49.7 Å². The molecular formula is C19H17N5O3S2. The molecule has 0 bridgehead atoms. The molecule has 3 aromatic rings. The van der Waals surface area contributed by atoms with Crippen molar-refractivity contribution in [3.05, 3.63) is 53.5 Å². The maximum atomic E-state index is 12.7. The summed E-state index contributed by atoms with van der Waals surface area (Å²) in [6.07, 6.45) is 0. The van der Waals surface area contributed by atoms with Crippen LogP contribution in [0.4, 0.5) is 5.69 Å². The standard InChI is InChI=1S/C19H17N5O3S2/c20-13-17(19-21-16-3-1-2-4-18(16)28-19)23-22-14-5-7-15(8-6-14)29(25,26)24-9-11-27-12-10-24/h1-8,22H,9-12H2. The maximum Gasteiger partial charge on any atom is 0.243 e. The van der Waals surface area contributed by atoms with Crippen LogP contribution in [0.3, 0.4) is 0 Å². The summed E-state index contributed by atoms with van der Waals surface area (Å²) in [5.41, 5.74) is 4.35. The highest BCUT2D eigenvalue weighted by molar-refractivity contribution is 7.89. The molecule has 10 heteroatoms. The second-order valence-electron chi connectivity index (χ2n) is 6.21. The molecule has 29 heavy (non-hydrogen) atoms. The third-order valence-electron chi connectivity index (χ3n) is 4.36. The van der Waals surface area contributed by atoms with Crippen LogP contribution in [0.2, 0.25) is 0 Å². The minimum atomic E-state index is -3.54. The van der Waals surface area contributed by atoms with E-state index in [1.807, 2.05) is 30.3 Å². The van der Waals surface area contributed by atoms with Crippen molar-refractivity contribution in [3.63, 3.8) is 0 Å². The van der Waals surface area contributed by atoms with E-state index in [2.05, 4.69) is 15.5 Å². The van der Waals surface area contributed by atoms with Gasteiger partial charge in [0.25, 0.3) is 0 Å². The highest BCUT2D eigenvalue weighted by Gasteiger charge is 2.26. The van der Waals surface area contributed by atoms with Crippen LogP contribution in [0.15, 0.2) is 58.5 Å². The molecule has 1 aromatic heterocycles. The third kappa shape index (κ3) is 4.13. The molecule has 0 atom stereocenters. The van der Waals surface area contributed by atoms with Crippen molar-refractivity contribution in [3.8, 4) is 6.07 Å². The van der Waals surface area contributed by atoms with Crippen LogP contribution in [0.25, 0.3) is 10.2 Å². The number of sulfonamides is 1. The van der Waals surface area contributed by atoms with Crippen LogP contribution in [0.5, 0.6) is 0 Å². The second-order valence-corrected chi connectivity index (χ2v) is 9.18. The zero-order valence-corrected chi connectivity index (χ0v) is 16.9. The monoisotopic (exact) mass is 427 g/mol. The molecule has 148 valence electrons. The summed E-state index contributed by atoms with van der Waals surface area (Å²) in [5, 5.41) is 14.1. The Balaban J connectivity index is 1.51. The number of fused-ring (bicyclic) bond motifs is 1. The molecule has 4 rings (SSSR count). The van der Waals surface area contributed by atoms with Crippen molar-refractivity contribution < 1.29 is 13.2 Å². The molecule has 0 aliphatic carbocycles. The highest BCUT2D eigenvalue weighted by atomic mass is 32.2. The number of hydrazone groups is 1. The van der Waals surface area contributed by atoms with Crippen LogP contribution < -0.4 is 5.43 Å². The average Bonchev–Trinajstić information content (AvgIpc) is 3.19. The number of hydrogen-bond acceptors (Lipinski definition) is 8. The normalized spacial score (nSPS) is 15.9. The fourth-order valence-electron chi connectivity index (χ4n) is 2.85. The van der Waals surface area contributed by atoms with E-state index < -0.39 is 10.0 Å². The number of para-hydroxylation sites is 1. The topological polar surface area (TPSA) is 108 Å². The first kappa shape index (κ1) is 19.5. The third-order valence-corrected chi connectivity index (χ3v) is 7.32. The lowest BCUT2D eigenvalue weighted by Gasteiger charge is -2.26. The molecule has 2 heterocycles. The number of benzene rings is 2. The fourth-order valence-corrected chi connectivity index (χ4v) is 5.17. The van der Waals surface area contributed by atoms with Gasteiger partial charge in [-0.25, -0.2) is 13.4 Å². The lowest BCUT2D eigenvalue weighted by molar-refractivity contribution is 0.0730. The van der Waals surface area contributed by atoms with Gasteiger partial charge in [-0.2, -0.15) is 14.7 Å². The van der Waals surface area contributed by atoms with Crippen LogP contribution in [0, 0.1) is 11.3 Å². The number of nitrogens with one attached hydrogen (secondary N) is 1. The first-order chi connectivity index (χ1) is 14.1. The number of ether oxygens (including phenoxy) is 1. The molecule has 0 amide bonds. The number of anilines is 1. The SMILES string of the molecule is N#CC(=NNc1ccc(S(=O)(=O)N2CCOCC2)cc1)c1nc2ccccc2s1. The van der Waals surface area contributed by atoms with Crippen molar-refractivity contribution in [2.45, 2.75) is 4.90 Å². The Hall–Kier alpha value is -2.84. The van der Waals surface area contributed by atoms with Crippen molar-refractivity contribution in [2.75, 3.05) is 31.7 Å². The maximum absolute atomic E-state index is 12.7. The Morgan fingerprint density at radius 1 is 1.17 bits per heavy atom. The number of nitriles is 1. The van der Waals surface area contributed by atoms with Gasteiger partial charge in [-0.05, 0) is 36.4 Å². The zero-order valence-electron chi connectivity index (χ0n) is 15.3. The van der Waals surface area contributed by atoms with Gasteiger partial charge in [0.15, 0.2) is 10.7 Å². The van der Waals surface area contributed by atoms with Crippen LogP contribution in [0.1, 0.15) is 5.01 Å². The lowest BCUT2D eigenvalue weighted by Crippen LogP contribution is -2.40. The number of morpholine rings is 1. The van der Waals surface area contributed by atoms with Gasteiger partial charge in [0, 0.05) is 13.1 Å². The largest absolute Gasteiger partial charge is 0.379 e. The number of hydrogen-bond donors (Lipinski definition) is 1.